The highest BCUT2D eigenvalue weighted by Crippen LogP contribution is 2.27. The van der Waals surface area contributed by atoms with Crippen molar-refractivity contribution in [2.24, 2.45) is 0 Å². The van der Waals surface area contributed by atoms with Crippen LogP contribution in [0.25, 0.3) is 0 Å². The predicted octanol–water partition coefficient (Wildman–Crippen LogP) is 10.3. The smallest absolute Gasteiger partial charge is 0.306 e. The lowest BCUT2D eigenvalue weighted by atomic mass is 9.98. The molecular formula is C59H106O14. The molecule has 2 aliphatic heterocycles. The van der Waals surface area contributed by atoms with Gasteiger partial charge in [-0.05, 0) is 51.4 Å². The first-order chi connectivity index (χ1) is 35.6. The third kappa shape index (κ3) is 33.0. The van der Waals surface area contributed by atoms with Crippen molar-refractivity contribution in [1.82, 2.24) is 0 Å². The molecule has 0 saturated carbocycles. The van der Waals surface area contributed by atoms with E-state index in [9.17, 15) is 40.5 Å². The molecule has 426 valence electrons. The molecule has 0 amide bonds. The Balaban J connectivity index is 1.69. The van der Waals surface area contributed by atoms with Crippen molar-refractivity contribution in [3.63, 3.8) is 0 Å². The Hall–Kier alpha value is -2.05. The van der Waals surface area contributed by atoms with Crippen molar-refractivity contribution < 1.29 is 69.0 Å². The zero-order valence-electron chi connectivity index (χ0n) is 45.6. The first-order valence-electron chi connectivity index (χ1n) is 29.2. The van der Waals surface area contributed by atoms with Gasteiger partial charge in [0.2, 0.25) is 0 Å². The van der Waals surface area contributed by atoms with Crippen LogP contribution >= 0.6 is 0 Å². The van der Waals surface area contributed by atoms with E-state index in [1.165, 1.54) is 122 Å². The minimum absolute atomic E-state index is 0.0612. The molecule has 14 nitrogen and oxygen atoms in total. The van der Waals surface area contributed by atoms with E-state index >= 15 is 0 Å². The van der Waals surface area contributed by atoms with Gasteiger partial charge in [-0.1, -0.05) is 210 Å². The van der Waals surface area contributed by atoms with E-state index in [4.69, 9.17) is 28.4 Å². The zero-order chi connectivity index (χ0) is 53.0. The average molecular weight is 1040 g/mol. The van der Waals surface area contributed by atoms with Gasteiger partial charge in [-0.25, -0.2) is 0 Å². The highest BCUT2D eigenvalue weighted by molar-refractivity contribution is 5.69. The number of carbonyl (C=O) groups is 1. The molecule has 2 saturated heterocycles. The van der Waals surface area contributed by atoms with E-state index in [2.05, 4.69) is 62.5 Å². The second kappa shape index (κ2) is 46.1. The van der Waals surface area contributed by atoms with E-state index in [1.54, 1.807) is 0 Å². The van der Waals surface area contributed by atoms with Crippen LogP contribution in [0.3, 0.4) is 0 Å². The first-order valence-corrected chi connectivity index (χ1v) is 29.2. The van der Waals surface area contributed by atoms with Crippen molar-refractivity contribution in [3.8, 4) is 0 Å². The maximum absolute atomic E-state index is 13.1. The van der Waals surface area contributed by atoms with Gasteiger partial charge in [0.25, 0.3) is 0 Å². The summed E-state index contributed by atoms with van der Waals surface area (Å²) in [5.74, 6) is -0.375. The van der Waals surface area contributed by atoms with E-state index in [0.717, 1.165) is 70.6 Å². The molecule has 0 radical (unpaired) electrons. The average Bonchev–Trinajstić information content (AvgIpc) is 3.39. The second-order valence-corrected chi connectivity index (χ2v) is 20.4. The van der Waals surface area contributed by atoms with Gasteiger partial charge in [0, 0.05) is 13.0 Å². The highest BCUT2D eigenvalue weighted by Gasteiger charge is 2.47. The summed E-state index contributed by atoms with van der Waals surface area (Å²) in [7, 11) is 0. The lowest BCUT2D eigenvalue weighted by Gasteiger charge is -2.42. The largest absolute Gasteiger partial charge is 0.457 e. The van der Waals surface area contributed by atoms with Crippen LogP contribution < -0.4 is 0 Å². The van der Waals surface area contributed by atoms with Crippen LogP contribution in [0.15, 0.2) is 48.6 Å². The lowest BCUT2D eigenvalue weighted by Crippen LogP contribution is -2.61. The fourth-order valence-corrected chi connectivity index (χ4v) is 9.16. The van der Waals surface area contributed by atoms with Gasteiger partial charge in [0.15, 0.2) is 12.6 Å². The van der Waals surface area contributed by atoms with Crippen molar-refractivity contribution in [3.05, 3.63) is 48.6 Å². The number of hydrogen-bond acceptors (Lipinski definition) is 14. The Morgan fingerprint density at radius 3 is 1.40 bits per heavy atom. The normalized spacial score (nSPS) is 25.3. The maximum Gasteiger partial charge on any atom is 0.306 e. The summed E-state index contributed by atoms with van der Waals surface area (Å²) in [5.41, 5.74) is 0. The Labute approximate surface area is 442 Å². The number of hydrogen-bond donors (Lipinski definition) is 7. The monoisotopic (exact) mass is 1040 g/mol. The number of rotatable bonds is 47. The minimum Gasteiger partial charge on any atom is -0.457 e. The summed E-state index contributed by atoms with van der Waals surface area (Å²) < 4.78 is 34.4. The minimum atomic E-state index is -1.71. The van der Waals surface area contributed by atoms with Gasteiger partial charge in [-0.2, -0.15) is 0 Å². The molecule has 14 heteroatoms. The summed E-state index contributed by atoms with van der Waals surface area (Å²) in [6, 6.07) is 0. The molecule has 2 rings (SSSR count). The van der Waals surface area contributed by atoms with E-state index in [-0.39, 0.29) is 25.6 Å². The Kier molecular flexibility index (Phi) is 42.3. The molecular weight excluding hydrogens is 933 g/mol. The molecule has 0 aromatic heterocycles. The molecule has 2 heterocycles. The molecule has 11 atom stereocenters. The molecule has 2 fully saturated rings. The third-order valence-electron chi connectivity index (χ3n) is 13.9. The third-order valence-corrected chi connectivity index (χ3v) is 13.9. The standard InChI is InChI=1S/C59H106O14/c1-3-5-7-9-11-13-15-17-19-20-21-22-23-24-25-26-27-29-31-33-35-37-39-41-43-68-45-48(71-51(61)42-40-38-36-34-32-30-28-18-16-14-12-10-8-6-4-2)46-69-58-57(67)55(65)53(63)50(73-58)47-70-59-56(66)54(64)52(62)49(44-60)72-59/h5,7,11,13,17,19,21-22,48-50,52-60,62-67H,3-4,6,8-10,12,14-16,18,20,23-47H2,1-2H3/b7-5-,13-11-,19-17-,22-21-. The number of esters is 1. The maximum atomic E-state index is 13.1. The van der Waals surface area contributed by atoms with Gasteiger partial charge >= 0.3 is 5.97 Å². The molecule has 0 aromatic carbocycles. The number of allylic oxidation sites excluding steroid dienone is 8. The van der Waals surface area contributed by atoms with Crippen molar-refractivity contribution in [2.45, 2.75) is 287 Å². The van der Waals surface area contributed by atoms with Crippen LogP contribution in [0, 0.1) is 0 Å². The van der Waals surface area contributed by atoms with Crippen molar-refractivity contribution >= 4 is 5.97 Å². The van der Waals surface area contributed by atoms with Gasteiger partial charge in [-0.3, -0.25) is 4.79 Å². The first kappa shape index (κ1) is 67.1. The topological polar surface area (TPSA) is 214 Å². The van der Waals surface area contributed by atoms with Crippen molar-refractivity contribution in [1.29, 1.82) is 0 Å². The molecule has 0 aromatic rings. The van der Waals surface area contributed by atoms with Crippen LogP contribution in [0.2, 0.25) is 0 Å². The summed E-state index contributed by atoms with van der Waals surface area (Å²) in [4.78, 5) is 13.1. The van der Waals surface area contributed by atoms with Gasteiger partial charge in [-0.15, -0.1) is 0 Å². The fourth-order valence-electron chi connectivity index (χ4n) is 9.16. The van der Waals surface area contributed by atoms with Gasteiger partial charge < -0.3 is 64.2 Å². The molecule has 0 spiro atoms. The fraction of sp³-hybridized carbons (Fsp3) is 0.847. The number of carbonyl (C=O) groups excluding carboxylic acids is 1. The number of ether oxygens (including phenoxy) is 6. The van der Waals surface area contributed by atoms with E-state index < -0.39 is 80.7 Å². The predicted molar refractivity (Wildman–Crippen MR) is 289 cm³/mol. The Morgan fingerprint density at radius 2 is 0.890 bits per heavy atom. The number of aliphatic hydroxyl groups is 7. The van der Waals surface area contributed by atoms with Crippen LogP contribution in [-0.4, -0.2) is 142 Å². The molecule has 2 aliphatic rings. The molecule has 73 heavy (non-hydrogen) atoms. The van der Waals surface area contributed by atoms with E-state index in [0.29, 0.717) is 13.0 Å². The summed E-state index contributed by atoms with van der Waals surface area (Å²) in [5, 5.41) is 72.3. The van der Waals surface area contributed by atoms with Gasteiger partial charge in [0.1, 0.15) is 54.9 Å². The van der Waals surface area contributed by atoms with Crippen LogP contribution in [0.4, 0.5) is 0 Å². The zero-order valence-corrected chi connectivity index (χ0v) is 45.6. The van der Waals surface area contributed by atoms with Crippen LogP contribution in [-0.2, 0) is 33.2 Å². The van der Waals surface area contributed by atoms with E-state index in [1.807, 2.05) is 0 Å². The molecule has 11 unspecified atom stereocenters. The summed E-state index contributed by atoms with van der Waals surface area (Å²) in [6.45, 7) is 3.60. The highest BCUT2D eigenvalue weighted by atomic mass is 16.7. The Bertz CT molecular complexity index is 1390. The quantitative estimate of drug-likeness (QED) is 0.0172. The SMILES string of the molecule is CC/C=C\C/C=C\C/C=C\C/C=C\CCCCCCCCCCCCCOCC(COC1OC(COC2OC(CO)C(O)C(O)C2O)C(O)C(O)C1O)OC(=O)CCCCCCCCCCCCCCCCC. The lowest BCUT2D eigenvalue weighted by molar-refractivity contribution is -0.332. The summed E-state index contributed by atoms with van der Waals surface area (Å²) >= 11 is 0. The summed E-state index contributed by atoms with van der Waals surface area (Å²) in [6.07, 6.45) is 38.8. The molecule has 7 N–H and O–H groups in total. The van der Waals surface area contributed by atoms with Crippen molar-refractivity contribution in [2.75, 3.05) is 33.0 Å². The number of aliphatic hydroxyl groups excluding tert-OH is 7. The van der Waals surface area contributed by atoms with Crippen LogP contribution in [0.1, 0.15) is 219 Å². The second-order valence-electron chi connectivity index (χ2n) is 20.4. The van der Waals surface area contributed by atoms with Crippen LogP contribution in [0.5, 0.6) is 0 Å². The molecule has 0 bridgehead atoms. The van der Waals surface area contributed by atoms with Gasteiger partial charge in [0.05, 0.1) is 26.4 Å². The number of unbranched alkanes of at least 4 members (excludes halogenated alkanes) is 25. The Morgan fingerprint density at radius 1 is 0.466 bits per heavy atom. The molecule has 0 aliphatic carbocycles.